The van der Waals surface area contributed by atoms with E-state index in [1.54, 1.807) is 30.3 Å². The van der Waals surface area contributed by atoms with Crippen LogP contribution in [0.3, 0.4) is 0 Å². The summed E-state index contributed by atoms with van der Waals surface area (Å²) in [5.74, 6) is -0.480. The highest BCUT2D eigenvalue weighted by Gasteiger charge is 2.29. The molecule has 0 radical (unpaired) electrons. The number of amides is 3. The second kappa shape index (κ2) is 37.8. The number of sulfonamides is 1. The van der Waals surface area contributed by atoms with Crippen molar-refractivity contribution < 1.29 is 22.8 Å². The van der Waals surface area contributed by atoms with Crippen molar-refractivity contribution in [3.63, 3.8) is 0 Å². The Bertz CT molecular complexity index is 2350. The van der Waals surface area contributed by atoms with Crippen molar-refractivity contribution >= 4 is 103 Å². The molecule has 0 aliphatic carbocycles. The van der Waals surface area contributed by atoms with Crippen molar-refractivity contribution in [1.29, 1.82) is 5.26 Å². The Balaban J connectivity index is 0.000000391. The first-order valence-corrected chi connectivity index (χ1v) is 30.4. The van der Waals surface area contributed by atoms with E-state index in [9.17, 15) is 22.8 Å². The lowest BCUT2D eigenvalue weighted by Crippen LogP contribution is -2.36. The van der Waals surface area contributed by atoms with Gasteiger partial charge in [-0.3, -0.25) is 19.8 Å². The Kier molecular flexibility index (Phi) is 32.9. The van der Waals surface area contributed by atoms with Crippen molar-refractivity contribution in [3.8, 4) is 6.07 Å². The summed E-state index contributed by atoms with van der Waals surface area (Å²) in [7, 11) is -3.74. The average molecular weight is 1120 g/mol. The maximum absolute atomic E-state index is 12.6. The van der Waals surface area contributed by atoms with Gasteiger partial charge in [-0.15, -0.1) is 0 Å². The van der Waals surface area contributed by atoms with Gasteiger partial charge in [0.15, 0.2) is 5.38 Å². The minimum atomic E-state index is -3.74. The molecule has 1 aliphatic heterocycles. The van der Waals surface area contributed by atoms with Gasteiger partial charge in [-0.25, -0.2) is 23.1 Å². The fraction of sp³-hybridized carbons (Fsp3) is 0.596. The minimum Gasteiger partial charge on any atom is -0.326 e. The highest BCUT2D eigenvalue weighted by Crippen LogP contribution is 2.32. The first kappa shape index (κ1) is 64.4. The lowest BCUT2D eigenvalue weighted by Gasteiger charge is -2.18. The zero-order valence-electron chi connectivity index (χ0n) is 44.3. The molecule has 0 bridgehead atoms. The van der Waals surface area contributed by atoms with Gasteiger partial charge in [0.25, 0.3) is 11.8 Å². The summed E-state index contributed by atoms with van der Waals surface area (Å²) in [6.45, 7) is 6.81. The third-order valence-corrected chi connectivity index (χ3v) is 15.5. The molecule has 410 valence electrons. The highest BCUT2D eigenvalue weighted by atomic mass is 35.5. The molecule has 3 aromatic carbocycles. The number of carbonyl (C=O) groups excluding carboxylic acids is 3. The number of alkyl halides is 1. The molecule has 3 amide bonds. The van der Waals surface area contributed by atoms with Crippen LogP contribution in [0, 0.1) is 18.3 Å². The van der Waals surface area contributed by atoms with E-state index in [1.807, 2.05) is 19.1 Å². The van der Waals surface area contributed by atoms with E-state index in [0.717, 1.165) is 37.7 Å². The van der Waals surface area contributed by atoms with Crippen LogP contribution < -0.4 is 25.8 Å². The number of hydrogen-bond acceptors (Lipinski definition) is 7. The highest BCUT2D eigenvalue weighted by molar-refractivity contribution is 7.89. The molecule has 4 rings (SSSR count). The predicted molar refractivity (Wildman–Crippen MR) is 310 cm³/mol. The van der Waals surface area contributed by atoms with E-state index in [1.165, 1.54) is 164 Å². The quantitative estimate of drug-likeness (QED) is 0.0331. The van der Waals surface area contributed by atoms with Gasteiger partial charge in [0.1, 0.15) is 5.84 Å². The first-order valence-electron chi connectivity index (χ1n) is 27.4. The van der Waals surface area contributed by atoms with Crippen LogP contribution in [0.2, 0.25) is 15.1 Å². The van der Waals surface area contributed by atoms with Gasteiger partial charge in [0, 0.05) is 18.7 Å². The van der Waals surface area contributed by atoms with E-state index in [4.69, 9.17) is 51.7 Å². The number of benzene rings is 3. The minimum absolute atomic E-state index is 0.0122. The van der Waals surface area contributed by atoms with Crippen molar-refractivity contribution in [3.05, 3.63) is 75.2 Å². The molecule has 4 N–H and O–H groups in total. The number of nitriles is 1. The monoisotopic (exact) mass is 1120 g/mol. The van der Waals surface area contributed by atoms with Crippen LogP contribution in [-0.2, 0) is 24.4 Å². The van der Waals surface area contributed by atoms with Crippen molar-refractivity contribution in [1.82, 2.24) is 10.1 Å². The van der Waals surface area contributed by atoms with Crippen LogP contribution in [0.1, 0.15) is 206 Å². The lowest BCUT2D eigenvalue weighted by molar-refractivity contribution is -0.117. The number of amidine groups is 1. The molecule has 1 atom stereocenters. The predicted octanol–water partition coefficient (Wildman–Crippen LogP) is 16.9. The van der Waals surface area contributed by atoms with Gasteiger partial charge >= 0.3 is 0 Å². The standard InChI is InChI=1S/C30H40Cl2N4O2.C27H43Cl2N3O3S/c1-3-4-5-6-7-8-9-10-11-12-13-14-29(37)33-23-16-18-27(25(32)20-23)36-30(38)21-28(35-36)34-26-19-22(2)15-17-24(26)31;1-2-3-4-5-6-7-8-9-10-11-12-13-14-15-16-17-20-31-36(34,35)23-18-19-24(28)26(21-23)32-27(33)25(29)22-30/h15-20H,3-14,21H2,1-2H3,(H,33,37)(H,34,35);18-19,21,25,31H,2-17,20H2,1H3,(H,32,33). The fourth-order valence-electron chi connectivity index (χ4n) is 8.49. The van der Waals surface area contributed by atoms with Crippen molar-refractivity contribution in [2.75, 3.05) is 22.2 Å². The maximum Gasteiger partial charge on any atom is 0.257 e. The Morgan fingerprint density at radius 1 is 0.676 bits per heavy atom. The number of carbonyl (C=O) groups is 3. The van der Waals surface area contributed by atoms with E-state index in [-0.39, 0.29) is 33.8 Å². The third-order valence-electron chi connectivity index (χ3n) is 12.8. The van der Waals surface area contributed by atoms with Crippen LogP contribution in [0.15, 0.2) is 64.5 Å². The van der Waals surface area contributed by atoms with Gasteiger partial charge in [0.2, 0.25) is 15.9 Å². The topological polar surface area (TPSA) is 173 Å². The van der Waals surface area contributed by atoms with Crippen molar-refractivity contribution in [2.45, 2.75) is 217 Å². The number of nitrogens with zero attached hydrogens (tertiary/aromatic N) is 3. The van der Waals surface area contributed by atoms with Gasteiger partial charge in [-0.2, -0.15) is 5.26 Å². The van der Waals surface area contributed by atoms with E-state index < -0.39 is 21.3 Å². The van der Waals surface area contributed by atoms with E-state index in [0.29, 0.717) is 45.9 Å². The van der Waals surface area contributed by atoms with Gasteiger partial charge in [-0.05, 0) is 73.9 Å². The number of aryl methyl sites for hydroxylation is 1. The lowest BCUT2D eigenvalue weighted by atomic mass is 10.0. The Morgan fingerprint density at radius 3 is 1.72 bits per heavy atom. The SMILES string of the molecule is CCCCCCCCCCCCCC(=O)Nc1ccc(N2NC(=Nc3cc(C)ccc3Cl)CC2=O)c(Cl)c1.CCCCCCCCCCCCCCCCCCNS(=O)(=O)c1ccc(Cl)c(NC(=O)C(Cl)C#N)c1. The molecule has 1 unspecified atom stereocenters. The number of nitrogens with one attached hydrogen (secondary N) is 4. The van der Waals surface area contributed by atoms with Gasteiger partial charge < -0.3 is 10.6 Å². The summed E-state index contributed by atoms with van der Waals surface area (Å²) in [6.07, 6.45) is 34.6. The summed E-state index contributed by atoms with van der Waals surface area (Å²) < 4.78 is 27.8. The Labute approximate surface area is 463 Å². The molecule has 17 heteroatoms. The number of halogens is 4. The summed E-state index contributed by atoms with van der Waals surface area (Å²) in [4.78, 5) is 41.3. The first-order chi connectivity index (χ1) is 35.7. The van der Waals surface area contributed by atoms with E-state index in [2.05, 4.69) is 39.6 Å². The average Bonchev–Trinajstić information content (AvgIpc) is 3.74. The zero-order chi connectivity index (χ0) is 54.0. The molecule has 74 heavy (non-hydrogen) atoms. The molecule has 1 fully saturated rings. The third kappa shape index (κ3) is 26.2. The number of anilines is 3. The second-order valence-electron chi connectivity index (χ2n) is 19.4. The number of rotatable bonds is 36. The summed E-state index contributed by atoms with van der Waals surface area (Å²) >= 11 is 24.4. The maximum atomic E-state index is 12.6. The summed E-state index contributed by atoms with van der Waals surface area (Å²) in [5.41, 5.74) is 5.85. The molecule has 3 aromatic rings. The van der Waals surface area contributed by atoms with Crippen molar-refractivity contribution in [2.24, 2.45) is 4.99 Å². The van der Waals surface area contributed by atoms with E-state index >= 15 is 0 Å². The van der Waals surface area contributed by atoms with Gasteiger partial charge in [0.05, 0.1) is 49.5 Å². The molecule has 1 heterocycles. The molecule has 12 nitrogen and oxygen atoms in total. The zero-order valence-corrected chi connectivity index (χ0v) is 48.1. The molecular weight excluding hydrogens is 1040 g/mol. The van der Waals surface area contributed by atoms with Crippen LogP contribution in [0.4, 0.5) is 22.7 Å². The number of hydrogen-bond donors (Lipinski definition) is 4. The number of aliphatic imine (C=N–C) groups is 1. The fourth-order valence-corrected chi connectivity index (χ4v) is 10.2. The number of hydrazine groups is 1. The van der Waals surface area contributed by atoms with Crippen LogP contribution >= 0.6 is 46.4 Å². The molecular formula is C57H83Cl4N7O5S. The summed E-state index contributed by atoms with van der Waals surface area (Å²) in [6, 6.07) is 16.3. The van der Waals surface area contributed by atoms with Crippen LogP contribution in [0.5, 0.6) is 0 Å². The van der Waals surface area contributed by atoms with Crippen LogP contribution in [0.25, 0.3) is 0 Å². The molecule has 0 saturated carbocycles. The molecule has 0 spiro atoms. The normalized spacial score (nSPS) is 13.3. The Hall–Kier alpha value is -3.90. The van der Waals surface area contributed by atoms with Gasteiger partial charge in [-0.1, -0.05) is 227 Å². The molecule has 0 aromatic heterocycles. The van der Waals surface area contributed by atoms with Crippen LogP contribution in [-0.4, -0.2) is 43.9 Å². The Morgan fingerprint density at radius 2 is 1.19 bits per heavy atom. The molecule has 1 aliphatic rings. The smallest absolute Gasteiger partial charge is 0.257 e. The summed E-state index contributed by atoms with van der Waals surface area (Å²) in [5, 5.41) is 15.0. The second-order valence-corrected chi connectivity index (χ2v) is 22.8. The molecule has 1 saturated heterocycles. The largest absolute Gasteiger partial charge is 0.326 e. The number of unbranched alkanes of at least 4 members (excludes halogenated alkanes) is 25.